The van der Waals surface area contributed by atoms with Crippen LogP contribution in [0.3, 0.4) is 0 Å². The minimum Gasteiger partial charge on any atom is -0.494 e. The van der Waals surface area contributed by atoms with Crippen LogP contribution in [0.1, 0.15) is 64.7 Å². The summed E-state index contributed by atoms with van der Waals surface area (Å²) in [6.45, 7) is 6.50. The Morgan fingerprint density at radius 2 is 1.86 bits per heavy atom. The van der Waals surface area contributed by atoms with Crippen molar-refractivity contribution < 1.29 is 14.3 Å². The summed E-state index contributed by atoms with van der Waals surface area (Å²) >= 11 is 0. The maximum absolute atomic E-state index is 12.9. The first-order valence-electron chi connectivity index (χ1n) is 11.4. The molecule has 5 nitrogen and oxygen atoms in total. The Kier molecular flexibility index (Phi) is 8.37. The number of ether oxygens (including phenoxy) is 2. The van der Waals surface area contributed by atoms with Crippen molar-refractivity contribution in [2.75, 3.05) is 38.7 Å². The summed E-state index contributed by atoms with van der Waals surface area (Å²) in [6.07, 6.45) is 10.2. The summed E-state index contributed by atoms with van der Waals surface area (Å²) in [5.74, 6) is 1.34. The average Bonchev–Trinajstić information content (AvgIpc) is 3.01. The molecule has 0 bridgehead atoms. The summed E-state index contributed by atoms with van der Waals surface area (Å²) in [7, 11) is 1.65. The van der Waals surface area contributed by atoms with Gasteiger partial charge in [-0.1, -0.05) is 26.2 Å². The number of benzene rings is 1. The fourth-order valence-electron chi connectivity index (χ4n) is 4.70. The molecule has 1 aromatic rings. The molecule has 1 heterocycles. The highest BCUT2D eigenvalue weighted by Crippen LogP contribution is 2.35. The first-order chi connectivity index (χ1) is 14.1. The molecule has 0 aromatic heterocycles. The standard InChI is InChI=1S/C24H38N2O3/c1-20-9-7-14-24(19-20,28-2)23(27)25-21-10-12-22(13-11-21)29-18-8-17-26-15-5-3-4-6-16-26/h10-13,20H,3-9,14-19H2,1-2H3,(H,25,27)/t20-,24+/m0/s1. The van der Waals surface area contributed by atoms with Gasteiger partial charge in [-0.15, -0.1) is 0 Å². The first-order valence-corrected chi connectivity index (χ1v) is 11.4. The van der Waals surface area contributed by atoms with E-state index in [2.05, 4.69) is 17.1 Å². The van der Waals surface area contributed by atoms with E-state index in [4.69, 9.17) is 9.47 Å². The Morgan fingerprint density at radius 1 is 1.14 bits per heavy atom. The molecule has 1 aromatic carbocycles. The molecular formula is C24H38N2O3. The predicted octanol–water partition coefficient (Wildman–Crippen LogP) is 4.87. The summed E-state index contributed by atoms with van der Waals surface area (Å²) in [6, 6.07) is 7.70. The van der Waals surface area contributed by atoms with Gasteiger partial charge < -0.3 is 19.7 Å². The number of amides is 1. The molecule has 1 saturated heterocycles. The molecule has 1 aliphatic carbocycles. The van der Waals surface area contributed by atoms with Crippen molar-refractivity contribution in [2.45, 2.75) is 70.3 Å². The molecule has 0 unspecified atom stereocenters. The van der Waals surface area contributed by atoms with Crippen molar-refractivity contribution in [2.24, 2.45) is 5.92 Å². The van der Waals surface area contributed by atoms with Crippen molar-refractivity contribution in [1.82, 2.24) is 4.90 Å². The molecule has 0 radical (unpaired) electrons. The van der Waals surface area contributed by atoms with Gasteiger partial charge in [0.05, 0.1) is 6.61 Å². The first kappa shape index (κ1) is 22.1. The Hall–Kier alpha value is -1.59. The van der Waals surface area contributed by atoms with Crippen LogP contribution in [0, 0.1) is 5.92 Å². The Morgan fingerprint density at radius 3 is 2.52 bits per heavy atom. The maximum atomic E-state index is 12.9. The molecule has 1 N–H and O–H groups in total. The number of hydrogen-bond acceptors (Lipinski definition) is 4. The Bertz CT molecular complexity index is 626. The minimum atomic E-state index is -0.694. The van der Waals surface area contributed by atoms with Crippen LogP contribution in [0.15, 0.2) is 24.3 Å². The number of nitrogens with one attached hydrogen (secondary N) is 1. The maximum Gasteiger partial charge on any atom is 0.256 e. The van der Waals surface area contributed by atoms with Gasteiger partial charge in [-0.25, -0.2) is 0 Å². The zero-order chi connectivity index (χ0) is 20.5. The third-order valence-corrected chi connectivity index (χ3v) is 6.46. The van der Waals surface area contributed by atoms with Crippen molar-refractivity contribution in [1.29, 1.82) is 0 Å². The second kappa shape index (κ2) is 11.0. The lowest BCUT2D eigenvalue weighted by atomic mass is 9.78. The zero-order valence-corrected chi connectivity index (χ0v) is 18.3. The quantitative estimate of drug-likeness (QED) is 0.631. The molecule has 1 aliphatic heterocycles. The van der Waals surface area contributed by atoms with Gasteiger partial charge >= 0.3 is 0 Å². The number of anilines is 1. The van der Waals surface area contributed by atoms with E-state index in [1.165, 1.54) is 45.2 Å². The largest absolute Gasteiger partial charge is 0.494 e. The lowest BCUT2D eigenvalue weighted by Gasteiger charge is -2.37. The number of carbonyl (C=O) groups is 1. The van der Waals surface area contributed by atoms with E-state index < -0.39 is 5.60 Å². The van der Waals surface area contributed by atoms with Gasteiger partial charge in [0.15, 0.2) is 0 Å². The fraction of sp³-hybridized carbons (Fsp3) is 0.708. The van der Waals surface area contributed by atoms with E-state index in [1.807, 2.05) is 24.3 Å². The Balaban J connectivity index is 1.43. The van der Waals surface area contributed by atoms with Crippen LogP contribution in [0.2, 0.25) is 0 Å². The van der Waals surface area contributed by atoms with E-state index in [-0.39, 0.29) is 5.91 Å². The number of carbonyl (C=O) groups excluding carboxylic acids is 1. The molecule has 2 atom stereocenters. The molecule has 1 amide bonds. The molecule has 0 spiro atoms. The number of methoxy groups -OCH3 is 1. The van der Waals surface area contributed by atoms with Crippen molar-refractivity contribution in [3.05, 3.63) is 24.3 Å². The van der Waals surface area contributed by atoms with Crippen LogP contribution < -0.4 is 10.1 Å². The van der Waals surface area contributed by atoms with Gasteiger partial charge in [0.2, 0.25) is 0 Å². The lowest BCUT2D eigenvalue weighted by molar-refractivity contribution is -0.143. The van der Waals surface area contributed by atoms with Crippen molar-refractivity contribution >= 4 is 11.6 Å². The van der Waals surface area contributed by atoms with Crippen LogP contribution in [-0.4, -0.2) is 49.8 Å². The monoisotopic (exact) mass is 402 g/mol. The summed E-state index contributed by atoms with van der Waals surface area (Å²) in [5, 5.41) is 3.04. The zero-order valence-electron chi connectivity index (χ0n) is 18.3. The van der Waals surface area contributed by atoms with Gasteiger partial charge in [-0.05, 0) is 81.8 Å². The van der Waals surface area contributed by atoms with Gasteiger partial charge in [0, 0.05) is 19.3 Å². The van der Waals surface area contributed by atoms with Gasteiger partial charge in [-0.3, -0.25) is 4.79 Å². The van der Waals surface area contributed by atoms with Gasteiger partial charge in [-0.2, -0.15) is 0 Å². The molecule has 2 fully saturated rings. The molecule has 162 valence electrons. The van der Waals surface area contributed by atoms with Crippen molar-refractivity contribution in [3.8, 4) is 5.75 Å². The number of likely N-dealkylation sites (tertiary alicyclic amines) is 1. The van der Waals surface area contributed by atoms with Gasteiger partial charge in [0.1, 0.15) is 11.4 Å². The molecule has 5 heteroatoms. The summed E-state index contributed by atoms with van der Waals surface area (Å²) in [5.41, 5.74) is 0.0988. The lowest BCUT2D eigenvalue weighted by Crippen LogP contribution is -2.47. The van der Waals surface area contributed by atoms with Crippen LogP contribution >= 0.6 is 0 Å². The number of rotatable bonds is 8. The highest BCUT2D eigenvalue weighted by atomic mass is 16.5. The molecular weight excluding hydrogens is 364 g/mol. The number of nitrogens with zero attached hydrogens (tertiary/aromatic N) is 1. The van der Waals surface area contributed by atoms with Crippen molar-refractivity contribution in [3.63, 3.8) is 0 Å². The third kappa shape index (κ3) is 6.45. The normalized spacial score (nSPS) is 25.9. The van der Waals surface area contributed by atoms with Crippen LogP contribution in [0.5, 0.6) is 5.75 Å². The average molecular weight is 403 g/mol. The van der Waals surface area contributed by atoms with E-state index in [9.17, 15) is 4.79 Å². The van der Waals surface area contributed by atoms with Crippen LogP contribution in [0.25, 0.3) is 0 Å². The molecule has 29 heavy (non-hydrogen) atoms. The topological polar surface area (TPSA) is 50.8 Å². The summed E-state index contributed by atoms with van der Waals surface area (Å²) in [4.78, 5) is 15.4. The van der Waals surface area contributed by atoms with E-state index >= 15 is 0 Å². The highest BCUT2D eigenvalue weighted by molar-refractivity contribution is 5.97. The fourth-order valence-corrected chi connectivity index (χ4v) is 4.70. The molecule has 1 saturated carbocycles. The van der Waals surface area contributed by atoms with E-state index in [1.54, 1.807) is 7.11 Å². The molecule has 3 rings (SSSR count). The van der Waals surface area contributed by atoms with Crippen LogP contribution in [0.4, 0.5) is 5.69 Å². The smallest absolute Gasteiger partial charge is 0.256 e. The Labute approximate surface area is 176 Å². The highest BCUT2D eigenvalue weighted by Gasteiger charge is 2.41. The van der Waals surface area contributed by atoms with Crippen LogP contribution in [-0.2, 0) is 9.53 Å². The number of hydrogen-bond donors (Lipinski definition) is 1. The second-order valence-corrected chi connectivity index (χ2v) is 8.84. The predicted molar refractivity (Wildman–Crippen MR) is 117 cm³/mol. The van der Waals surface area contributed by atoms with Gasteiger partial charge in [0.25, 0.3) is 5.91 Å². The minimum absolute atomic E-state index is 0.0299. The summed E-state index contributed by atoms with van der Waals surface area (Å²) < 4.78 is 11.6. The third-order valence-electron chi connectivity index (χ3n) is 6.46. The SMILES string of the molecule is CO[C@]1(C(=O)Nc2ccc(OCCCN3CCCCCC3)cc2)CCC[C@H](C)C1. The van der Waals surface area contributed by atoms with E-state index in [0.717, 1.165) is 50.3 Å². The second-order valence-electron chi connectivity index (χ2n) is 8.84. The van der Waals surface area contributed by atoms with E-state index in [0.29, 0.717) is 5.92 Å². The molecule has 2 aliphatic rings.